The lowest BCUT2D eigenvalue weighted by atomic mass is 9.68. The first-order valence-electron chi connectivity index (χ1n) is 9.53. The third kappa shape index (κ3) is 5.75. The number of ether oxygens (including phenoxy) is 1. The normalized spacial score (nSPS) is 26.4. The van der Waals surface area contributed by atoms with Crippen molar-refractivity contribution in [2.75, 3.05) is 26.2 Å². The van der Waals surface area contributed by atoms with E-state index in [4.69, 9.17) is 4.74 Å². The molecule has 0 bridgehead atoms. The molecule has 2 aliphatic rings. The Kier molecular flexibility index (Phi) is 6.90. The van der Waals surface area contributed by atoms with Crippen molar-refractivity contribution in [3.63, 3.8) is 0 Å². The molecule has 0 spiro atoms. The third-order valence-electron chi connectivity index (χ3n) is 5.62. The van der Waals surface area contributed by atoms with Crippen LogP contribution in [0.4, 0.5) is 0 Å². The number of hydrogen-bond acceptors (Lipinski definition) is 3. The summed E-state index contributed by atoms with van der Waals surface area (Å²) in [6.07, 6.45) is 7.17. The number of nitrogens with zero attached hydrogens (tertiary/aromatic N) is 1. The molecule has 1 N–H and O–H groups in total. The molecule has 2 rings (SSSR count). The molecule has 23 heavy (non-hydrogen) atoms. The molecule has 0 aromatic rings. The van der Waals surface area contributed by atoms with Crippen LogP contribution >= 0.6 is 0 Å². The van der Waals surface area contributed by atoms with Crippen molar-refractivity contribution in [1.82, 2.24) is 10.2 Å². The molecule has 1 aliphatic heterocycles. The Labute approximate surface area is 142 Å². The molecule has 1 saturated heterocycles. The van der Waals surface area contributed by atoms with Gasteiger partial charge in [0.1, 0.15) is 0 Å². The third-order valence-corrected chi connectivity index (χ3v) is 5.62. The minimum absolute atomic E-state index is 0.164. The molecule has 4 nitrogen and oxygen atoms in total. The van der Waals surface area contributed by atoms with E-state index in [2.05, 4.69) is 37.9 Å². The predicted molar refractivity (Wildman–Crippen MR) is 94.4 cm³/mol. The van der Waals surface area contributed by atoms with Crippen molar-refractivity contribution in [2.45, 2.75) is 78.4 Å². The van der Waals surface area contributed by atoms with Gasteiger partial charge in [0.25, 0.3) is 0 Å². The van der Waals surface area contributed by atoms with Crippen molar-refractivity contribution in [2.24, 2.45) is 11.3 Å². The van der Waals surface area contributed by atoms with Crippen LogP contribution in [0.2, 0.25) is 0 Å². The summed E-state index contributed by atoms with van der Waals surface area (Å²) >= 11 is 0. The summed E-state index contributed by atoms with van der Waals surface area (Å²) in [7, 11) is 0. The highest BCUT2D eigenvalue weighted by Crippen LogP contribution is 2.40. The van der Waals surface area contributed by atoms with Crippen LogP contribution < -0.4 is 5.32 Å². The van der Waals surface area contributed by atoms with Gasteiger partial charge in [0.05, 0.1) is 12.7 Å². The summed E-state index contributed by atoms with van der Waals surface area (Å²) in [5, 5.41) is 3.34. The van der Waals surface area contributed by atoms with Crippen molar-refractivity contribution in [3.8, 4) is 0 Å². The van der Waals surface area contributed by atoms with E-state index in [0.29, 0.717) is 18.1 Å². The molecule has 2 fully saturated rings. The van der Waals surface area contributed by atoms with Gasteiger partial charge in [-0.3, -0.25) is 4.79 Å². The van der Waals surface area contributed by atoms with Crippen molar-refractivity contribution in [3.05, 3.63) is 0 Å². The second-order valence-electron chi connectivity index (χ2n) is 8.33. The number of carbonyl (C=O) groups is 1. The Morgan fingerprint density at radius 1 is 1.22 bits per heavy atom. The zero-order chi connectivity index (χ0) is 16.9. The number of likely N-dealkylation sites (tertiary alicyclic amines) is 1. The van der Waals surface area contributed by atoms with Gasteiger partial charge in [-0.1, -0.05) is 26.7 Å². The highest BCUT2D eigenvalue weighted by atomic mass is 16.5. The van der Waals surface area contributed by atoms with Crippen LogP contribution in [0.1, 0.15) is 66.2 Å². The Hall–Kier alpha value is -0.610. The molecular weight excluding hydrogens is 288 g/mol. The fraction of sp³-hybridized carbons (Fsp3) is 0.947. The van der Waals surface area contributed by atoms with Crippen LogP contribution in [0.5, 0.6) is 0 Å². The number of hydrogen-bond donors (Lipinski definition) is 1. The van der Waals surface area contributed by atoms with Gasteiger partial charge >= 0.3 is 0 Å². The van der Waals surface area contributed by atoms with Crippen molar-refractivity contribution in [1.29, 1.82) is 0 Å². The van der Waals surface area contributed by atoms with Crippen LogP contribution in [0.15, 0.2) is 0 Å². The summed E-state index contributed by atoms with van der Waals surface area (Å²) in [6.45, 7) is 12.6. The van der Waals surface area contributed by atoms with E-state index in [1.165, 1.54) is 19.3 Å². The SMILES string of the molecule is CC(C)OCCN1CCC(NC(=O)C2CCCCC2(C)C)CC1. The molecule has 1 atom stereocenters. The van der Waals surface area contributed by atoms with Gasteiger partial charge in [0.2, 0.25) is 5.91 Å². The number of amides is 1. The van der Waals surface area contributed by atoms with Crippen LogP contribution in [0.3, 0.4) is 0 Å². The lowest BCUT2D eigenvalue weighted by Crippen LogP contribution is -2.49. The Morgan fingerprint density at radius 2 is 1.91 bits per heavy atom. The standard InChI is InChI=1S/C19H36N2O2/c1-15(2)23-14-13-21-11-8-16(9-12-21)20-18(22)17-7-5-6-10-19(17,3)4/h15-17H,5-14H2,1-4H3,(H,20,22). The molecule has 1 aliphatic carbocycles. The minimum Gasteiger partial charge on any atom is -0.377 e. The van der Waals surface area contributed by atoms with E-state index in [-0.39, 0.29) is 11.3 Å². The fourth-order valence-electron chi connectivity index (χ4n) is 4.00. The second kappa shape index (κ2) is 8.48. The van der Waals surface area contributed by atoms with E-state index in [0.717, 1.165) is 45.5 Å². The van der Waals surface area contributed by atoms with Crippen molar-refractivity contribution >= 4 is 5.91 Å². The maximum absolute atomic E-state index is 12.7. The Balaban J connectivity index is 1.70. The van der Waals surface area contributed by atoms with Crippen LogP contribution in [0.25, 0.3) is 0 Å². The molecule has 4 heteroatoms. The first-order valence-corrected chi connectivity index (χ1v) is 9.53. The quantitative estimate of drug-likeness (QED) is 0.816. The van der Waals surface area contributed by atoms with E-state index in [9.17, 15) is 4.79 Å². The minimum atomic E-state index is 0.164. The average Bonchev–Trinajstić information content (AvgIpc) is 2.48. The maximum atomic E-state index is 12.7. The summed E-state index contributed by atoms with van der Waals surface area (Å²) in [5.41, 5.74) is 0.164. The van der Waals surface area contributed by atoms with Gasteiger partial charge in [0, 0.05) is 31.6 Å². The van der Waals surface area contributed by atoms with E-state index < -0.39 is 0 Å². The number of nitrogens with one attached hydrogen (secondary N) is 1. The zero-order valence-corrected chi connectivity index (χ0v) is 15.6. The lowest BCUT2D eigenvalue weighted by Gasteiger charge is -2.39. The molecule has 1 amide bonds. The molecule has 0 aromatic carbocycles. The molecule has 1 unspecified atom stereocenters. The predicted octanol–water partition coefficient (Wildman–Crippen LogP) is 3.21. The van der Waals surface area contributed by atoms with Crippen LogP contribution in [-0.2, 0) is 9.53 Å². The largest absolute Gasteiger partial charge is 0.377 e. The van der Waals surface area contributed by atoms with Gasteiger partial charge in [-0.2, -0.15) is 0 Å². The van der Waals surface area contributed by atoms with E-state index in [1.54, 1.807) is 0 Å². The molecule has 1 heterocycles. The van der Waals surface area contributed by atoms with Gasteiger partial charge < -0.3 is 15.0 Å². The topological polar surface area (TPSA) is 41.6 Å². The highest BCUT2D eigenvalue weighted by Gasteiger charge is 2.37. The number of carbonyl (C=O) groups excluding carboxylic acids is 1. The van der Waals surface area contributed by atoms with Crippen LogP contribution in [-0.4, -0.2) is 49.2 Å². The lowest BCUT2D eigenvalue weighted by molar-refractivity contribution is -0.131. The molecule has 134 valence electrons. The van der Waals surface area contributed by atoms with Gasteiger partial charge in [-0.05, 0) is 44.9 Å². The van der Waals surface area contributed by atoms with Gasteiger partial charge in [-0.25, -0.2) is 0 Å². The van der Waals surface area contributed by atoms with E-state index in [1.807, 2.05) is 0 Å². The smallest absolute Gasteiger partial charge is 0.223 e. The van der Waals surface area contributed by atoms with E-state index >= 15 is 0 Å². The Morgan fingerprint density at radius 3 is 2.52 bits per heavy atom. The highest BCUT2D eigenvalue weighted by molar-refractivity contribution is 5.79. The first-order chi connectivity index (χ1) is 10.9. The van der Waals surface area contributed by atoms with Gasteiger partial charge in [-0.15, -0.1) is 0 Å². The molecule has 0 aromatic heterocycles. The molecular formula is C19H36N2O2. The molecule has 0 radical (unpaired) electrons. The van der Waals surface area contributed by atoms with Crippen molar-refractivity contribution < 1.29 is 9.53 Å². The second-order valence-corrected chi connectivity index (χ2v) is 8.33. The van der Waals surface area contributed by atoms with Gasteiger partial charge in [0.15, 0.2) is 0 Å². The summed E-state index contributed by atoms with van der Waals surface area (Å²) in [4.78, 5) is 15.1. The maximum Gasteiger partial charge on any atom is 0.223 e. The summed E-state index contributed by atoms with van der Waals surface area (Å²) < 4.78 is 5.63. The summed E-state index contributed by atoms with van der Waals surface area (Å²) in [6, 6.07) is 0.363. The van der Waals surface area contributed by atoms with Crippen LogP contribution in [0, 0.1) is 11.3 Å². The Bertz CT molecular complexity index is 374. The average molecular weight is 325 g/mol. The number of rotatable bonds is 6. The molecule has 1 saturated carbocycles. The zero-order valence-electron chi connectivity index (χ0n) is 15.6. The first kappa shape index (κ1) is 18.7. The number of piperidine rings is 1. The monoisotopic (exact) mass is 324 g/mol. The summed E-state index contributed by atoms with van der Waals surface area (Å²) in [5.74, 6) is 0.505. The fourth-order valence-corrected chi connectivity index (χ4v) is 4.00.